The fourth-order valence-electron chi connectivity index (χ4n) is 0.874. The maximum atomic E-state index is 4.23. The lowest BCUT2D eigenvalue weighted by molar-refractivity contribution is 0.765. The molecule has 0 aliphatic carbocycles. The molecule has 0 saturated carbocycles. The number of nitrogens with zero attached hydrogens (tertiary/aromatic N) is 3. The Bertz CT molecular complexity index is 262. The molecule has 0 aliphatic heterocycles. The van der Waals surface area contributed by atoms with Crippen molar-refractivity contribution in [2.45, 2.75) is 19.8 Å². The topological polar surface area (TPSA) is 62.7 Å². The first-order chi connectivity index (χ1) is 6.17. The van der Waals surface area contributed by atoms with Crippen LogP contribution in [0.5, 0.6) is 0 Å². The summed E-state index contributed by atoms with van der Waals surface area (Å²) in [7, 11) is 3.58. The second-order valence-corrected chi connectivity index (χ2v) is 3.00. The lowest BCUT2D eigenvalue weighted by Gasteiger charge is -2.07. The van der Waals surface area contributed by atoms with Crippen molar-refractivity contribution in [2.24, 2.45) is 0 Å². The molecule has 72 valence electrons. The van der Waals surface area contributed by atoms with E-state index in [4.69, 9.17) is 0 Å². The van der Waals surface area contributed by atoms with Gasteiger partial charge in [0.15, 0.2) is 0 Å². The molecule has 1 aromatic heterocycles. The van der Waals surface area contributed by atoms with E-state index in [-0.39, 0.29) is 0 Å². The van der Waals surface area contributed by atoms with Crippen LogP contribution in [0.2, 0.25) is 0 Å². The molecule has 1 rings (SSSR count). The van der Waals surface area contributed by atoms with Crippen LogP contribution in [-0.2, 0) is 0 Å². The Hall–Kier alpha value is -1.39. The maximum absolute atomic E-state index is 4.23. The van der Waals surface area contributed by atoms with Crippen LogP contribution in [0.3, 0.4) is 0 Å². The van der Waals surface area contributed by atoms with E-state index in [2.05, 4.69) is 25.6 Å². The summed E-state index contributed by atoms with van der Waals surface area (Å²) in [4.78, 5) is 12.6. The highest BCUT2D eigenvalue weighted by atomic mass is 15.2. The summed E-state index contributed by atoms with van der Waals surface area (Å²) in [5, 5.41) is 5.79. The van der Waals surface area contributed by atoms with Crippen molar-refractivity contribution in [1.29, 1.82) is 0 Å². The van der Waals surface area contributed by atoms with Gasteiger partial charge in [0, 0.05) is 20.0 Å². The molecule has 0 atom stereocenters. The lowest BCUT2D eigenvalue weighted by atomic mass is 10.2. The molecular formula is C8H15N5. The number of hydrogen-bond acceptors (Lipinski definition) is 5. The van der Waals surface area contributed by atoms with Gasteiger partial charge in [-0.25, -0.2) is 0 Å². The summed E-state index contributed by atoms with van der Waals surface area (Å²) >= 11 is 0. The van der Waals surface area contributed by atoms with Crippen molar-refractivity contribution < 1.29 is 0 Å². The molecule has 1 aromatic rings. The van der Waals surface area contributed by atoms with Gasteiger partial charge >= 0.3 is 0 Å². The number of nitrogens with one attached hydrogen (secondary N) is 2. The summed E-state index contributed by atoms with van der Waals surface area (Å²) in [5.74, 6) is 2.30. The van der Waals surface area contributed by atoms with Gasteiger partial charge in [-0.3, -0.25) is 0 Å². The minimum atomic E-state index is 0.308. The molecule has 0 unspecified atom stereocenters. The fraction of sp³-hybridized carbons (Fsp3) is 0.625. The zero-order valence-electron chi connectivity index (χ0n) is 8.42. The maximum Gasteiger partial charge on any atom is 0.227 e. The minimum absolute atomic E-state index is 0.308. The largest absolute Gasteiger partial charge is 0.357 e. The van der Waals surface area contributed by atoms with E-state index in [9.17, 15) is 0 Å². The smallest absolute Gasteiger partial charge is 0.227 e. The second kappa shape index (κ2) is 4.02. The van der Waals surface area contributed by atoms with Crippen LogP contribution in [-0.4, -0.2) is 29.0 Å². The molecule has 5 heteroatoms. The van der Waals surface area contributed by atoms with E-state index in [0.717, 1.165) is 5.82 Å². The van der Waals surface area contributed by atoms with E-state index in [1.165, 1.54) is 0 Å². The van der Waals surface area contributed by atoms with Crippen LogP contribution in [0.25, 0.3) is 0 Å². The van der Waals surface area contributed by atoms with Crippen LogP contribution in [0.1, 0.15) is 25.6 Å². The highest BCUT2D eigenvalue weighted by molar-refractivity contribution is 5.33. The highest BCUT2D eigenvalue weighted by Crippen LogP contribution is 2.12. The minimum Gasteiger partial charge on any atom is -0.357 e. The normalized spacial score (nSPS) is 10.2. The molecule has 0 aromatic carbocycles. The van der Waals surface area contributed by atoms with E-state index in [1.807, 2.05) is 13.8 Å². The lowest BCUT2D eigenvalue weighted by Crippen LogP contribution is -2.08. The molecule has 0 saturated heterocycles. The first kappa shape index (κ1) is 9.70. The molecule has 0 fully saturated rings. The van der Waals surface area contributed by atoms with Crippen LogP contribution in [0, 0.1) is 0 Å². The van der Waals surface area contributed by atoms with Crippen molar-refractivity contribution in [3.8, 4) is 0 Å². The van der Waals surface area contributed by atoms with E-state index < -0.39 is 0 Å². The summed E-state index contributed by atoms with van der Waals surface area (Å²) < 4.78 is 0. The van der Waals surface area contributed by atoms with Crippen LogP contribution in [0.4, 0.5) is 11.9 Å². The first-order valence-electron chi connectivity index (χ1n) is 4.29. The highest BCUT2D eigenvalue weighted by Gasteiger charge is 2.07. The van der Waals surface area contributed by atoms with E-state index >= 15 is 0 Å². The van der Waals surface area contributed by atoms with Crippen molar-refractivity contribution in [2.75, 3.05) is 24.7 Å². The zero-order valence-corrected chi connectivity index (χ0v) is 8.42. The Morgan fingerprint density at radius 3 is 1.69 bits per heavy atom. The molecule has 0 amide bonds. The molecule has 0 radical (unpaired) electrons. The molecule has 1 heterocycles. The van der Waals surface area contributed by atoms with E-state index in [1.54, 1.807) is 14.1 Å². The number of anilines is 2. The quantitative estimate of drug-likeness (QED) is 0.730. The van der Waals surface area contributed by atoms with Gasteiger partial charge in [0.25, 0.3) is 0 Å². The molecule has 5 nitrogen and oxygen atoms in total. The zero-order chi connectivity index (χ0) is 9.84. The number of hydrogen-bond donors (Lipinski definition) is 2. The van der Waals surface area contributed by atoms with Gasteiger partial charge in [-0.2, -0.15) is 15.0 Å². The number of rotatable bonds is 3. The Morgan fingerprint density at radius 1 is 0.923 bits per heavy atom. The summed E-state index contributed by atoms with van der Waals surface area (Å²) in [6.45, 7) is 4.10. The molecule has 13 heavy (non-hydrogen) atoms. The van der Waals surface area contributed by atoms with E-state index in [0.29, 0.717) is 17.8 Å². The molecule has 0 spiro atoms. The monoisotopic (exact) mass is 181 g/mol. The van der Waals surface area contributed by atoms with Crippen molar-refractivity contribution in [1.82, 2.24) is 15.0 Å². The predicted octanol–water partition coefficient (Wildman–Crippen LogP) is 1.08. The van der Waals surface area contributed by atoms with Gasteiger partial charge in [0.05, 0.1) is 0 Å². The Labute approximate surface area is 78.0 Å². The number of aromatic nitrogens is 3. The summed E-state index contributed by atoms with van der Waals surface area (Å²) in [6, 6.07) is 0. The Kier molecular flexibility index (Phi) is 3.00. The van der Waals surface area contributed by atoms with Crippen molar-refractivity contribution >= 4 is 11.9 Å². The third-order valence-corrected chi connectivity index (χ3v) is 1.62. The average Bonchev–Trinajstić information content (AvgIpc) is 2.16. The molecule has 2 N–H and O–H groups in total. The summed E-state index contributed by atoms with van der Waals surface area (Å²) in [5.41, 5.74) is 0. The van der Waals surface area contributed by atoms with Gasteiger partial charge in [-0.15, -0.1) is 0 Å². The molecule has 0 aliphatic rings. The molecule has 0 bridgehead atoms. The van der Waals surface area contributed by atoms with Gasteiger partial charge in [0.1, 0.15) is 5.82 Å². The third kappa shape index (κ3) is 2.27. The Morgan fingerprint density at radius 2 is 1.38 bits per heavy atom. The standard InChI is InChI=1S/C8H15N5/c1-5(2)6-11-7(9-3)13-8(10-4)12-6/h5H,1-4H3,(H2,9,10,11,12,13). The fourth-order valence-corrected chi connectivity index (χ4v) is 0.874. The van der Waals surface area contributed by atoms with Gasteiger partial charge in [-0.1, -0.05) is 13.8 Å². The van der Waals surface area contributed by atoms with Crippen LogP contribution >= 0.6 is 0 Å². The van der Waals surface area contributed by atoms with Crippen molar-refractivity contribution in [3.05, 3.63) is 5.82 Å². The average molecular weight is 181 g/mol. The van der Waals surface area contributed by atoms with Gasteiger partial charge < -0.3 is 10.6 Å². The van der Waals surface area contributed by atoms with Crippen LogP contribution in [0.15, 0.2) is 0 Å². The molecular weight excluding hydrogens is 166 g/mol. The van der Waals surface area contributed by atoms with Gasteiger partial charge in [0.2, 0.25) is 11.9 Å². The second-order valence-electron chi connectivity index (χ2n) is 3.00. The first-order valence-corrected chi connectivity index (χ1v) is 4.29. The third-order valence-electron chi connectivity index (χ3n) is 1.62. The van der Waals surface area contributed by atoms with Gasteiger partial charge in [-0.05, 0) is 0 Å². The summed E-state index contributed by atoms with van der Waals surface area (Å²) in [6.07, 6.45) is 0. The SMILES string of the molecule is CNc1nc(NC)nc(C(C)C)n1. The van der Waals surface area contributed by atoms with Crippen molar-refractivity contribution in [3.63, 3.8) is 0 Å². The predicted molar refractivity (Wildman–Crippen MR) is 53.0 cm³/mol. The Balaban J connectivity index is 3.07. The van der Waals surface area contributed by atoms with Crippen LogP contribution < -0.4 is 10.6 Å².